The molecule has 0 fully saturated rings. The predicted molar refractivity (Wildman–Crippen MR) is 70.4 cm³/mol. The maximum absolute atomic E-state index is 11.2. The van der Waals surface area contributed by atoms with Crippen molar-refractivity contribution >= 4 is 5.91 Å². The van der Waals surface area contributed by atoms with Gasteiger partial charge in [-0.3, -0.25) is 4.79 Å². The van der Waals surface area contributed by atoms with Gasteiger partial charge in [-0.1, -0.05) is 45.3 Å². The van der Waals surface area contributed by atoms with Crippen molar-refractivity contribution in [2.45, 2.75) is 59.3 Å². The van der Waals surface area contributed by atoms with Crippen LogP contribution < -0.4 is 0 Å². The van der Waals surface area contributed by atoms with Crippen molar-refractivity contribution in [2.24, 2.45) is 0 Å². The summed E-state index contributed by atoms with van der Waals surface area (Å²) < 4.78 is 0. The van der Waals surface area contributed by atoms with Crippen molar-refractivity contribution < 1.29 is 4.79 Å². The number of rotatable bonds is 9. The third kappa shape index (κ3) is 8.51. The van der Waals surface area contributed by atoms with Crippen molar-refractivity contribution in [2.75, 3.05) is 13.1 Å². The van der Waals surface area contributed by atoms with Gasteiger partial charge in [0, 0.05) is 20.0 Å². The van der Waals surface area contributed by atoms with E-state index in [0.717, 1.165) is 25.9 Å². The fourth-order valence-electron chi connectivity index (χ4n) is 1.66. The van der Waals surface area contributed by atoms with Gasteiger partial charge < -0.3 is 4.90 Å². The van der Waals surface area contributed by atoms with Crippen molar-refractivity contribution in [3.8, 4) is 0 Å². The number of nitrogens with zero attached hydrogens (tertiary/aromatic N) is 1. The molecule has 94 valence electrons. The van der Waals surface area contributed by atoms with E-state index in [1.165, 1.54) is 25.7 Å². The maximum Gasteiger partial charge on any atom is 0.219 e. The molecule has 0 spiro atoms. The molecular formula is C14H27NO. The Morgan fingerprint density at radius 2 is 1.81 bits per heavy atom. The van der Waals surface area contributed by atoms with Gasteiger partial charge in [-0.25, -0.2) is 0 Å². The van der Waals surface area contributed by atoms with Gasteiger partial charge in [0.2, 0.25) is 5.91 Å². The zero-order valence-electron chi connectivity index (χ0n) is 11.2. The minimum absolute atomic E-state index is 0.178. The summed E-state index contributed by atoms with van der Waals surface area (Å²) in [4.78, 5) is 13.1. The molecule has 2 heteroatoms. The smallest absolute Gasteiger partial charge is 0.219 e. The molecule has 0 saturated heterocycles. The summed E-state index contributed by atoms with van der Waals surface area (Å²) in [5.41, 5.74) is 0. The van der Waals surface area contributed by atoms with E-state index < -0.39 is 0 Å². The second-order valence-electron chi connectivity index (χ2n) is 4.29. The molecule has 1 amide bonds. The summed E-state index contributed by atoms with van der Waals surface area (Å²) in [6.45, 7) is 7.62. The van der Waals surface area contributed by atoms with Crippen LogP contribution in [0.1, 0.15) is 59.3 Å². The second-order valence-corrected chi connectivity index (χ2v) is 4.29. The Hall–Kier alpha value is -0.790. The van der Waals surface area contributed by atoms with E-state index in [1.807, 2.05) is 4.90 Å². The number of amides is 1. The van der Waals surface area contributed by atoms with Crippen LogP contribution in [0.15, 0.2) is 12.2 Å². The van der Waals surface area contributed by atoms with Crippen LogP contribution in [-0.2, 0) is 4.79 Å². The molecule has 0 aromatic rings. The predicted octanol–water partition coefficient (Wildman–Crippen LogP) is 3.77. The Morgan fingerprint density at radius 1 is 1.06 bits per heavy atom. The zero-order valence-corrected chi connectivity index (χ0v) is 11.2. The summed E-state index contributed by atoms with van der Waals surface area (Å²) in [6.07, 6.45) is 11.7. The summed E-state index contributed by atoms with van der Waals surface area (Å²) in [6, 6.07) is 0. The molecule has 2 nitrogen and oxygen atoms in total. The minimum Gasteiger partial charge on any atom is -0.339 e. The van der Waals surface area contributed by atoms with Crippen LogP contribution in [0.2, 0.25) is 0 Å². The SMILES string of the molecule is CCCCCC/C=C/CN(CCC)C(C)=O. The molecule has 0 rings (SSSR count). The molecular weight excluding hydrogens is 198 g/mol. The molecule has 0 atom stereocenters. The molecule has 0 unspecified atom stereocenters. The maximum atomic E-state index is 11.2. The lowest BCUT2D eigenvalue weighted by atomic mass is 10.1. The lowest BCUT2D eigenvalue weighted by Crippen LogP contribution is -2.29. The van der Waals surface area contributed by atoms with Crippen LogP contribution >= 0.6 is 0 Å². The van der Waals surface area contributed by atoms with E-state index in [9.17, 15) is 4.79 Å². The molecule has 0 aromatic carbocycles. The van der Waals surface area contributed by atoms with E-state index in [4.69, 9.17) is 0 Å². The van der Waals surface area contributed by atoms with Gasteiger partial charge in [-0.05, 0) is 19.3 Å². The first-order valence-electron chi connectivity index (χ1n) is 6.62. The van der Waals surface area contributed by atoms with E-state index in [2.05, 4.69) is 26.0 Å². The van der Waals surface area contributed by atoms with E-state index >= 15 is 0 Å². The first kappa shape index (κ1) is 15.2. The molecule has 0 saturated carbocycles. The molecule has 0 N–H and O–H groups in total. The summed E-state index contributed by atoms with van der Waals surface area (Å²) >= 11 is 0. The minimum atomic E-state index is 0.178. The van der Waals surface area contributed by atoms with Crippen molar-refractivity contribution in [1.82, 2.24) is 4.90 Å². The highest BCUT2D eigenvalue weighted by atomic mass is 16.2. The Kier molecular flexibility index (Phi) is 10.2. The van der Waals surface area contributed by atoms with Crippen LogP contribution in [0.5, 0.6) is 0 Å². The van der Waals surface area contributed by atoms with E-state index in [-0.39, 0.29) is 5.91 Å². The molecule has 16 heavy (non-hydrogen) atoms. The number of unbranched alkanes of at least 4 members (excludes halogenated alkanes) is 4. The highest BCUT2D eigenvalue weighted by Gasteiger charge is 2.03. The third-order valence-electron chi connectivity index (χ3n) is 2.66. The lowest BCUT2D eigenvalue weighted by Gasteiger charge is -2.17. The fraction of sp³-hybridized carbons (Fsp3) is 0.786. The molecule has 0 aliphatic heterocycles. The molecule has 0 heterocycles. The van der Waals surface area contributed by atoms with Gasteiger partial charge in [0.05, 0.1) is 0 Å². The largest absolute Gasteiger partial charge is 0.339 e. The summed E-state index contributed by atoms with van der Waals surface area (Å²) in [7, 11) is 0. The van der Waals surface area contributed by atoms with Crippen LogP contribution in [0.3, 0.4) is 0 Å². The molecule has 0 bridgehead atoms. The van der Waals surface area contributed by atoms with Gasteiger partial charge >= 0.3 is 0 Å². The summed E-state index contributed by atoms with van der Waals surface area (Å²) in [5.74, 6) is 0.178. The van der Waals surface area contributed by atoms with Crippen LogP contribution in [0.25, 0.3) is 0 Å². The third-order valence-corrected chi connectivity index (χ3v) is 2.66. The standard InChI is InChI=1S/C14H27NO/c1-4-6-7-8-9-10-11-13-15(12-5-2)14(3)16/h10-11H,4-9,12-13H2,1-3H3/b11-10+. The Bertz CT molecular complexity index is 199. The van der Waals surface area contributed by atoms with Crippen molar-refractivity contribution in [1.29, 1.82) is 0 Å². The van der Waals surface area contributed by atoms with Gasteiger partial charge in [0.1, 0.15) is 0 Å². The number of carbonyl (C=O) groups is 1. The van der Waals surface area contributed by atoms with Crippen LogP contribution in [0.4, 0.5) is 0 Å². The number of allylic oxidation sites excluding steroid dienone is 1. The van der Waals surface area contributed by atoms with Gasteiger partial charge in [0.15, 0.2) is 0 Å². The number of hydrogen-bond acceptors (Lipinski definition) is 1. The second kappa shape index (κ2) is 10.7. The Morgan fingerprint density at radius 3 is 2.38 bits per heavy atom. The van der Waals surface area contributed by atoms with E-state index in [0.29, 0.717) is 0 Å². The van der Waals surface area contributed by atoms with Crippen LogP contribution in [0, 0.1) is 0 Å². The molecule has 0 aromatic heterocycles. The number of hydrogen-bond donors (Lipinski definition) is 0. The van der Waals surface area contributed by atoms with Crippen molar-refractivity contribution in [3.05, 3.63) is 12.2 Å². The summed E-state index contributed by atoms with van der Waals surface area (Å²) in [5, 5.41) is 0. The monoisotopic (exact) mass is 225 g/mol. The average Bonchev–Trinajstić information content (AvgIpc) is 2.26. The lowest BCUT2D eigenvalue weighted by molar-refractivity contribution is -0.128. The highest BCUT2D eigenvalue weighted by Crippen LogP contribution is 2.03. The molecule has 0 radical (unpaired) electrons. The first-order valence-corrected chi connectivity index (χ1v) is 6.62. The Balaban J connectivity index is 3.58. The first-order chi connectivity index (χ1) is 7.72. The van der Waals surface area contributed by atoms with Crippen molar-refractivity contribution in [3.63, 3.8) is 0 Å². The molecule has 0 aliphatic rings. The number of carbonyl (C=O) groups excluding carboxylic acids is 1. The average molecular weight is 225 g/mol. The van der Waals surface area contributed by atoms with Gasteiger partial charge in [0.25, 0.3) is 0 Å². The van der Waals surface area contributed by atoms with Crippen LogP contribution in [-0.4, -0.2) is 23.9 Å². The Labute approximate surface area is 101 Å². The fourth-order valence-corrected chi connectivity index (χ4v) is 1.66. The van der Waals surface area contributed by atoms with E-state index in [1.54, 1.807) is 6.92 Å². The van der Waals surface area contributed by atoms with Gasteiger partial charge in [-0.15, -0.1) is 0 Å². The molecule has 0 aliphatic carbocycles. The normalized spacial score (nSPS) is 10.9. The zero-order chi connectivity index (χ0) is 12.2. The topological polar surface area (TPSA) is 20.3 Å². The quantitative estimate of drug-likeness (QED) is 0.432. The van der Waals surface area contributed by atoms with Gasteiger partial charge in [-0.2, -0.15) is 0 Å². The highest BCUT2D eigenvalue weighted by molar-refractivity contribution is 5.73.